The summed E-state index contributed by atoms with van der Waals surface area (Å²) in [4.78, 5) is 0. The van der Waals surface area contributed by atoms with Crippen molar-refractivity contribution in [3.8, 4) is 0 Å². The van der Waals surface area contributed by atoms with Crippen LogP contribution in [0, 0.1) is 20.8 Å². The molecule has 3 nitrogen and oxygen atoms in total. The Labute approximate surface area is 113 Å². The van der Waals surface area contributed by atoms with Crippen molar-refractivity contribution in [2.45, 2.75) is 40.3 Å². The Hall–Kier alpha value is -1.13. The molecule has 0 fully saturated rings. The van der Waals surface area contributed by atoms with Crippen LogP contribution in [-0.4, -0.2) is 9.78 Å². The minimum atomic E-state index is 0.331. The Morgan fingerprint density at radius 2 is 2.06 bits per heavy atom. The molecular weight excluding hydrogens is 242 g/mol. The maximum absolute atomic E-state index is 4.47. The highest BCUT2D eigenvalue weighted by Crippen LogP contribution is 2.22. The van der Waals surface area contributed by atoms with Crippen molar-refractivity contribution >= 4 is 11.3 Å². The van der Waals surface area contributed by atoms with E-state index in [0.717, 1.165) is 12.2 Å². The monoisotopic (exact) mass is 263 g/mol. The minimum absolute atomic E-state index is 0.331. The van der Waals surface area contributed by atoms with Crippen LogP contribution in [0.25, 0.3) is 0 Å². The summed E-state index contributed by atoms with van der Waals surface area (Å²) in [5, 5.41) is 12.5. The maximum atomic E-state index is 4.47. The number of thiophene rings is 1. The molecule has 0 saturated carbocycles. The molecule has 0 radical (unpaired) electrons. The number of hydrogen-bond donors (Lipinski definition) is 1. The fourth-order valence-electron chi connectivity index (χ4n) is 2.35. The van der Waals surface area contributed by atoms with Gasteiger partial charge in [0.25, 0.3) is 0 Å². The van der Waals surface area contributed by atoms with Gasteiger partial charge in [-0.2, -0.15) is 16.4 Å². The zero-order valence-corrected chi connectivity index (χ0v) is 12.6. The third-order valence-electron chi connectivity index (χ3n) is 3.56. The number of aryl methyl sites for hydroxylation is 3. The van der Waals surface area contributed by atoms with E-state index in [-0.39, 0.29) is 0 Å². The van der Waals surface area contributed by atoms with Crippen molar-refractivity contribution in [1.82, 2.24) is 15.1 Å². The van der Waals surface area contributed by atoms with Gasteiger partial charge in [0.2, 0.25) is 0 Å². The van der Waals surface area contributed by atoms with Crippen LogP contribution in [-0.2, 0) is 13.6 Å². The molecule has 0 aromatic carbocycles. The van der Waals surface area contributed by atoms with Gasteiger partial charge in [-0.25, -0.2) is 0 Å². The van der Waals surface area contributed by atoms with E-state index in [1.165, 1.54) is 22.4 Å². The Kier molecular flexibility index (Phi) is 3.88. The molecule has 0 spiro atoms. The highest BCUT2D eigenvalue weighted by Gasteiger charge is 2.15. The quantitative estimate of drug-likeness (QED) is 0.917. The van der Waals surface area contributed by atoms with Crippen LogP contribution in [0.15, 0.2) is 10.8 Å². The van der Waals surface area contributed by atoms with Gasteiger partial charge in [0.05, 0.1) is 5.69 Å². The van der Waals surface area contributed by atoms with Gasteiger partial charge in [0, 0.05) is 30.9 Å². The summed E-state index contributed by atoms with van der Waals surface area (Å²) in [6.07, 6.45) is 0. The molecule has 0 amide bonds. The lowest BCUT2D eigenvalue weighted by molar-refractivity contribution is 0.568. The van der Waals surface area contributed by atoms with Crippen molar-refractivity contribution in [3.05, 3.63) is 38.8 Å². The van der Waals surface area contributed by atoms with E-state index in [0.29, 0.717) is 6.04 Å². The van der Waals surface area contributed by atoms with Crippen LogP contribution in [0.4, 0.5) is 0 Å². The summed E-state index contributed by atoms with van der Waals surface area (Å²) in [6, 6.07) is 0.331. The number of aromatic nitrogens is 2. The zero-order valence-electron chi connectivity index (χ0n) is 11.7. The van der Waals surface area contributed by atoms with Crippen molar-refractivity contribution in [2.75, 3.05) is 0 Å². The van der Waals surface area contributed by atoms with Crippen molar-refractivity contribution < 1.29 is 0 Å². The average molecular weight is 263 g/mol. The minimum Gasteiger partial charge on any atom is -0.306 e. The highest BCUT2D eigenvalue weighted by molar-refractivity contribution is 7.08. The molecule has 2 heterocycles. The van der Waals surface area contributed by atoms with Crippen LogP contribution in [0.1, 0.15) is 41.0 Å². The summed E-state index contributed by atoms with van der Waals surface area (Å²) in [7, 11) is 2.00. The lowest BCUT2D eigenvalue weighted by atomic mass is 10.1. The summed E-state index contributed by atoms with van der Waals surface area (Å²) in [6.45, 7) is 9.50. The summed E-state index contributed by atoms with van der Waals surface area (Å²) in [5.74, 6) is 0. The molecule has 18 heavy (non-hydrogen) atoms. The molecule has 0 bridgehead atoms. The first kappa shape index (κ1) is 13.3. The molecular formula is C14H21N3S. The van der Waals surface area contributed by atoms with Gasteiger partial charge in [-0.15, -0.1) is 0 Å². The van der Waals surface area contributed by atoms with Gasteiger partial charge >= 0.3 is 0 Å². The molecule has 1 atom stereocenters. The third kappa shape index (κ3) is 2.49. The number of nitrogens with one attached hydrogen (secondary N) is 1. The van der Waals surface area contributed by atoms with Gasteiger partial charge in [-0.1, -0.05) is 0 Å². The van der Waals surface area contributed by atoms with E-state index < -0.39 is 0 Å². The molecule has 98 valence electrons. The van der Waals surface area contributed by atoms with Gasteiger partial charge in [-0.05, 0) is 49.6 Å². The number of hydrogen-bond acceptors (Lipinski definition) is 3. The second-order valence-corrected chi connectivity index (χ2v) is 5.63. The highest BCUT2D eigenvalue weighted by atomic mass is 32.1. The Balaban J connectivity index is 2.08. The topological polar surface area (TPSA) is 29.9 Å². The van der Waals surface area contributed by atoms with Gasteiger partial charge in [-0.3, -0.25) is 4.68 Å². The molecule has 0 aliphatic carbocycles. The van der Waals surface area contributed by atoms with E-state index in [1.54, 1.807) is 11.3 Å². The largest absolute Gasteiger partial charge is 0.306 e. The van der Waals surface area contributed by atoms with Crippen LogP contribution < -0.4 is 5.32 Å². The van der Waals surface area contributed by atoms with E-state index in [4.69, 9.17) is 0 Å². The van der Waals surface area contributed by atoms with E-state index in [2.05, 4.69) is 48.9 Å². The molecule has 2 rings (SSSR count). The summed E-state index contributed by atoms with van der Waals surface area (Å²) < 4.78 is 1.96. The van der Waals surface area contributed by atoms with Crippen LogP contribution in [0.2, 0.25) is 0 Å². The second-order valence-electron chi connectivity index (χ2n) is 4.89. The molecule has 0 aliphatic heterocycles. The number of rotatable bonds is 4. The first-order chi connectivity index (χ1) is 8.50. The zero-order chi connectivity index (χ0) is 13.3. The van der Waals surface area contributed by atoms with Crippen molar-refractivity contribution in [3.63, 3.8) is 0 Å². The fourth-order valence-corrected chi connectivity index (χ4v) is 3.21. The molecule has 1 unspecified atom stereocenters. The van der Waals surface area contributed by atoms with Crippen LogP contribution in [0.3, 0.4) is 0 Å². The van der Waals surface area contributed by atoms with Crippen molar-refractivity contribution in [2.24, 2.45) is 7.05 Å². The fraction of sp³-hybridized carbons (Fsp3) is 0.500. The van der Waals surface area contributed by atoms with Gasteiger partial charge < -0.3 is 5.32 Å². The predicted molar refractivity (Wildman–Crippen MR) is 77.0 cm³/mol. The summed E-state index contributed by atoms with van der Waals surface area (Å²) >= 11 is 1.77. The lowest BCUT2D eigenvalue weighted by Gasteiger charge is -2.14. The molecule has 2 aromatic heterocycles. The predicted octanol–water partition coefficient (Wildman–Crippen LogP) is 3.26. The molecule has 4 heteroatoms. The van der Waals surface area contributed by atoms with E-state index in [1.807, 2.05) is 11.7 Å². The molecule has 0 aliphatic rings. The first-order valence-corrected chi connectivity index (χ1v) is 7.20. The average Bonchev–Trinajstić information content (AvgIpc) is 2.81. The van der Waals surface area contributed by atoms with E-state index in [9.17, 15) is 0 Å². The smallest absolute Gasteiger partial charge is 0.0644 e. The summed E-state index contributed by atoms with van der Waals surface area (Å²) in [5.41, 5.74) is 6.46. The van der Waals surface area contributed by atoms with E-state index >= 15 is 0 Å². The Bertz CT molecular complexity index is 539. The second kappa shape index (κ2) is 5.24. The molecule has 2 aromatic rings. The van der Waals surface area contributed by atoms with Crippen LogP contribution in [0.5, 0.6) is 0 Å². The number of nitrogens with zero attached hydrogens (tertiary/aromatic N) is 2. The SMILES string of the molecule is Cc1cscc1CNC(C)c1c(C)nn(C)c1C. The molecule has 0 saturated heterocycles. The van der Waals surface area contributed by atoms with Gasteiger partial charge in [0.15, 0.2) is 0 Å². The molecule has 1 N–H and O–H groups in total. The lowest BCUT2D eigenvalue weighted by Crippen LogP contribution is -2.19. The standard InChI is InChI=1S/C14H21N3S/c1-9-7-18-8-13(9)6-15-10(2)14-11(3)16-17(5)12(14)4/h7-8,10,15H,6H2,1-5H3. The normalized spacial score (nSPS) is 12.9. The maximum Gasteiger partial charge on any atom is 0.0644 e. The van der Waals surface area contributed by atoms with Crippen molar-refractivity contribution in [1.29, 1.82) is 0 Å². The van der Waals surface area contributed by atoms with Gasteiger partial charge in [0.1, 0.15) is 0 Å². The Morgan fingerprint density at radius 1 is 1.33 bits per heavy atom. The van der Waals surface area contributed by atoms with Crippen LogP contribution >= 0.6 is 11.3 Å². The Morgan fingerprint density at radius 3 is 2.56 bits per heavy atom. The third-order valence-corrected chi connectivity index (χ3v) is 4.47. The first-order valence-electron chi connectivity index (χ1n) is 6.25.